The Balaban J connectivity index is 1.66. The lowest BCUT2D eigenvalue weighted by molar-refractivity contribution is -0.138. The van der Waals surface area contributed by atoms with Crippen LogP contribution in [0.2, 0.25) is 0 Å². The minimum Gasteiger partial charge on any atom is -0.481 e. The lowest BCUT2D eigenvalue weighted by Gasteiger charge is -2.15. The molecule has 0 saturated carbocycles. The van der Waals surface area contributed by atoms with Crippen LogP contribution < -0.4 is 4.90 Å². The molecule has 0 fully saturated rings. The number of anilines is 1. The van der Waals surface area contributed by atoms with Crippen molar-refractivity contribution < 1.29 is 19.2 Å². The second kappa shape index (κ2) is 5.90. The van der Waals surface area contributed by atoms with Gasteiger partial charge in [0.05, 0.1) is 0 Å². The maximum absolute atomic E-state index is 12.8. The highest BCUT2D eigenvalue weighted by molar-refractivity contribution is 6.08. The number of amides is 1. The molecule has 0 spiro atoms. The van der Waals surface area contributed by atoms with Gasteiger partial charge in [-0.05, 0) is 11.6 Å². The van der Waals surface area contributed by atoms with Crippen LogP contribution in [-0.2, 0) is 4.79 Å². The number of nitrogens with zero attached hydrogens (tertiary/aromatic N) is 2. The van der Waals surface area contributed by atoms with Crippen LogP contribution in [0.25, 0.3) is 11.3 Å². The van der Waals surface area contributed by atoms with E-state index in [1.807, 2.05) is 30.3 Å². The highest BCUT2D eigenvalue weighted by atomic mass is 16.5. The lowest BCUT2D eigenvalue weighted by Crippen LogP contribution is -2.31. The molecule has 1 aliphatic heterocycles. The lowest BCUT2D eigenvalue weighted by atomic mass is 10.0. The summed E-state index contributed by atoms with van der Waals surface area (Å²) in [4.78, 5) is 25.8. The van der Waals surface area contributed by atoms with Crippen LogP contribution in [0.15, 0.2) is 65.2 Å². The van der Waals surface area contributed by atoms with E-state index in [0.29, 0.717) is 17.0 Å². The average molecular weight is 334 g/mol. The van der Waals surface area contributed by atoms with Crippen LogP contribution in [0.3, 0.4) is 0 Å². The zero-order chi connectivity index (χ0) is 17.4. The monoisotopic (exact) mass is 334 g/mol. The minimum absolute atomic E-state index is 0.0844. The largest absolute Gasteiger partial charge is 0.481 e. The first kappa shape index (κ1) is 15.1. The van der Waals surface area contributed by atoms with Crippen molar-refractivity contribution in [1.82, 2.24) is 5.16 Å². The van der Waals surface area contributed by atoms with Crippen molar-refractivity contribution in [2.24, 2.45) is 0 Å². The number of carboxylic acid groups (broad SMARTS) is 1. The molecule has 1 aliphatic rings. The van der Waals surface area contributed by atoms with Gasteiger partial charge in [-0.15, -0.1) is 0 Å². The van der Waals surface area contributed by atoms with Crippen LogP contribution in [-0.4, -0.2) is 28.7 Å². The molecule has 0 unspecified atom stereocenters. The zero-order valence-corrected chi connectivity index (χ0v) is 13.1. The number of fused-ring (bicyclic) bond motifs is 1. The molecule has 1 amide bonds. The third-order valence-electron chi connectivity index (χ3n) is 4.30. The summed E-state index contributed by atoms with van der Waals surface area (Å²) in [6.45, 7) is 0.0844. The quantitative estimate of drug-likeness (QED) is 0.795. The van der Waals surface area contributed by atoms with Gasteiger partial charge in [0.15, 0.2) is 11.5 Å². The number of benzene rings is 2. The van der Waals surface area contributed by atoms with Gasteiger partial charge in [0.2, 0.25) is 0 Å². The molecule has 0 bridgehead atoms. The maximum atomic E-state index is 12.8. The fourth-order valence-electron chi connectivity index (χ4n) is 3.06. The summed E-state index contributed by atoms with van der Waals surface area (Å²) in [5.41, 5.74) is 2.21. The van der Waals surface area contributed by atoms with Gasteiger partial charge in [-0.2, -0.15) is 0 Å². The molecule has 1 N–H and O–H groups in total. The van der Waals surface area contributed by atoms with Gasteiger partial charge >= 0.3 is 5.97 Å². The number of carboxylic acids is 1. The first-order chi connectivity index (χ1) is 12.1. The molecular formula is C19H14N2O4. The molecule has 4 rings (SSSR count). The maximum Gasteiger partial charge on any atom is 0.312 e. The van der Waals surface area contributed by atoms with Gasteiger partial charge < -0.3 is 14.5 Å². The minimum atomic E-state index is -0.951. The van der Waals surface area contributed by atoms with E-state index in [1.54, 1.807) is 30.3 Å². The summed E-state index contributed by atoms with van der Waals surface area (Å²) in [5.74, 6) is -1.57. The predicted molar refractivity (Wildman–Crippen MR) is 90.4 cm³/mol. The van der Waals surface area contributed by atoms with Crippen LogP contribution >= 0.6 is 0 Å². The van der Waals surface area contributed by atoms with E-state index in [-0.39, 0.29) is 18.1 Å². The standard InChI is InChI=1S/C19H14N2O4/c22-18(15-10-17(25-20-15)12-6-2-1-3-7-12)21-11-14(19(23)24)13-8-4-5-9-16(13)21/h1-10,14H,11H2,(H,23,24)/t14-/m0/s1. The first-order valence-corrected chi connectivity index (χ1v) is 7.81. The van der Waals surface area contributed by atoms with E-state index >= 15 is 0 Å². The predicted octanol–water partition coefficient (Wildman–Crippen LogP) is 3.17. The van der Waals surface area contributed by atoms with Crippen molar-refractivity contribution in [3.63, 3.8) is 0 Å². The van der Waals surface area contributed by atoms with E-state index in [4.69, 9.17) is 4.52 Å². The second-order valence-electron chi connectivity index (χ2n) is 5.81. The molecule has 2 aromatic carbocycles. The summed E-state index contributed by atoms with van der Waals surface area (Å²) in [6, 6.07) is 18.0. The number of carbonyl (C=O) groups excluding carboxylic acids is 1. The number of carbonyl (C=O) groups is 2. The Labute approximate surface area is 143 Å². The number of aromatic nitrogens is 1. The third kappa shape index (κ3) is 2.57. The molecule has 6 nitrogen and oxygen atoms in total. The molecule has 6 heteroatoms. The molecular weight excluding hydrogens is 320 g/mol. The summed E-state index contributed by atoms with van der Waals surface area (Å²) in [7, 11) is 0. The molecule has 25 heavy (non-hydrogen) atoms. The third-order valence-corrected chi connectivity index (χ3v) is 4.30. The normalized spacial score (nSPS) is 15.8. The fraction of sp³-hybridized carbons (Fsp3) is 0.105. The Morgan fingerprint density at radius 2 is 1.80 bits per heavy atom. The van der Waals surface area contributed by atoms with Crippen LogP contribution in [0.5, 0.6) is 0 Å². The number of hydrogen-bond acceptors (Lipinski definition) is 4. The average Bonchev–Trinajstić information content (AvgIpc) is 3.27. The summed E-state index contributed by atoms with van der Waals surface area (Å²) in [6.07, 6.45) is 0. The number of para-hydroxylation sites is 1. The van der Waals surface area contributed by atoms with Crippen LogP contribution in [0.1, 0.15) is 22.0 Å². The topological polar surface area (TPSA) is 83.6 Å². The Bertz CT molecular complexity index is 949. The summed E-state index contributed by atoms with van der Waals surface area (Å²) < 4.78 is 5.28. The molecule has 1 aromatic heterocycles. The van der Waals surface area contributed by atoms with Crippen molar-refractivity contribution in [2.45, 2.75) is 5.92 Å². The highest BCUT2D eigenvalue weighted by Gasteiger charge is 2.37. The zero-order valence-electron chi connectivity index (χ0n) is 13.1. The molecule has 1 atom stereocenters. The van der Waals surface area contributed by atoms with Crippen LogP contribution in [0, 0.1) is 0 Å². The smallest absolute Gasteiger partial charge is 0.312 e. The van der Waals surface area contributed by atoms with E-state index in [1.165, 1.54) is 4.90 Å². The SMILES string of the molecule is O=C(O)[C@H]1CN(C(=O)c2cc(-c3ccccc3)on2)c2ccccc21. The Kier molecular flexibility index (Phi) is 3.57. The van der Waals surface area contributed by atoms with Gasteiger partial charge in [-0.3, -0.25) is 9.59 Å². The first-order valence-electron chi connectivity index (χ1n) is 7.81. The van der Waals surface area contributed by atoms with Gasteiger partial charge in [0.1, 0.15) is 5.92 Å². The van der Waals surface area contributed by atoms with Crippen LogP contribution in [0.4, 0.5) is 5.69 Å². The van der Waals surface area contributed by atoms with Crippen molar-refractivity contribution in [3.8, 4) is 11.3 Å². The number of aliphatic carboxylic acids is 1. The number of rotatable bonds is 3. The van der Waals surface area contributed by atoms with Crippen molar-refractivity contribution >= 4 is 17.6 Å². The Morgan fingerprint density at radius 3 is 2.56 bits per heavy atom. The Hall–Kier alpha value is -3.41. The van der Waals surface area contributed by atoms with Gasteiger partial charge in [0, 0.05) is 23.9 Å². The highest BCUT2D eigenvalue weighted by Crippen LogP contribution is 2.37. The summed E-state index contributed by atoms with van der Waals surface area (Å²) in [5, 5.41) is 13.3. The fourth-order valence-corrected chi connectivity index (χ4v) is 3.06. The molecule has 2 heterocycles. The Morgan fingerprint density at radius 1 is 1.08 bits per heavy atom. The molecule has 0 radical (unpaired) electrons. The van der Waals surface area contributed by atoms with E-state index in [2.05, 4.69) is 5.16 Å². The summed E-state index contributed by atoms with van der Waals surface area (Å²) >= 11 is 0. The van der Waals surface area contributed by atoms with Gasteiger partial charge in [0.25, 0.3) is 5.91 Å². The van der Waals surface area contributed by atoms with Gasteiger partial charge in [-0.1, -0.05) is 53.7 Å². The van der Waals surface area contributed by atoms with Crippen molar-refractivity contribution in [2.75, 3.05) is 11.4 Å². The van der Waals surface area contributed by atoms with E-state index in [9.17, 15) is 14.7 Å². The van der Waals surface area contributed by atoms with Gasteiger partial charge in [-0.25, -0.2) is 0 Å². The van der Waals surface area contributed by atoms with E-state index in [0.717, 1.165) is 5.56 Å². The molecule has 124 valence electrons. The molecule has 3 aromatic rings. The van der Waals surface area contributed by atoms with Crippen molar-refractivity contribution in [3.05, 3.63) is 71.9 Å². The molecule has 0 saturated heterocycles. The number of hydrogen-bond donors (Lipinski definition) is 1. The molecule has 0 aliphatic carbocycles. The van der Waals surface area contributed by atoms with Crippen molar-refractivity contribution in [1.29, 1.82) is 0 Å². The second-order valence-corrected chi connectivity index (χ2v) is 5.81. The van der Waals surface area contributed by atoms with E-state index < -0.39 is 11.9 Å².